The van der Waals surface area contributed by atoms with E-state index in [1.807, 2.05) is 19.9 Å². The van der Waals surface area contributed by atoms with E-state index >= 15 is 0 Å². The molecule has 17 heavy (non-hydrogen) atoms. The molecule has 1 aromatic carbocycles. The summed E-state index contributed by atoms with van der Waals surface area (Å²) in [7, 11) is 3.10. The van der Waals surface area contributed by atoms with Crippen molar-refractivity contribution in [3.05, 3.63) is 35.4 Å². The van der Waals surface area contributed by atoms with Crippen LogP contribution in [0.1, 0.15) is 30.6 Å². The van der Waals surface area contributed by atoms with Crippen LogP contribution in [-0.4, -0.2) is 20.0 Å². The lowest BCUT2D eigenvalue weighted by Crippen LogP contribution is -2.07. The lowest BCUT2D eigenvalue weighted by Gasteiger charge is -2.12. The minimum Gasteiger partial charge on any atom is -0.496 e. The SMILES string of the molecule is C/C=C(/CC)C(=O)c1c(OC)cccc1OC. The molecule has 0 atom stereocenters. The van der Waals surface area contributed by atoms with Crippen molar-refractivity contribution in [3.63, 3.8) is 0 Å². The van der Waals surface area contributed by atoms with Gasteiger partial charge in [-0.15, -0.1) is 0 Å². The largest absolute Gasteiger partial charge is 0.496 e. The zero-order valence-corrected chi connectivity index (χ0v) is 10.7. The van der Waals surface area contributed by atoms with Crippen molar-refractivity contribution in [2.24, 2.45) is 0 Å². The monoisotopic (exact) mass is 234 g/mol. The average Bonchev–Trinajstić information content (AvgIpc) is 2.38. The van der Waals surface area contributed by atoms with Gasteiger partial charge in [-0.1, -0.05) is 19.1 Å². The molecule has 0 aliphatic rings. The molecular formula is C14H18O3. The fourth-order valence-corrected chi connectivity index (χ4v) is 1.73. The number of methoxy groups -OCH3 is 2. The Morgan fingerprint density at radius 2 is 1.76 bits per heavy atom. The van der Waals surface area contributed by atoms with Gasteiger partial charge in [-0.25, -0.2) is 0 Å². The summed E-state index contributed by atoms with van der Waals surface area (Å²) in [5, 5.41) is 0. The van der Waals surface area contributed by atoms with E-state index in [4.69, 9.17) is 9.47 Å². The Morgan fingerprint density at radius 1 is 1.24 bits per heavy atom. The molecule has 0 heterocycles. The number of Topliss-reactive ketones (excluding diaryl/α,β-unsaturated/α-hetero) is 1. The molecule has 3 nitrogen and oxygen atoms in total. The van der Waals surface area contributed by atoms with E-state index in [0.29, 0.717) is 23.5 Å². The van der Waals surface area contributed by atoms with Gasteiger partial charge >= 0.3 is 0 Å². The van der Waals surface area contributed by atoms with Crippen LogP contribution in [0.25, 0.3) is 0 Å². The summed E-state index contributed by atoms with van der Waals surface area (Å²) in [5.74, 6) is 1.05. The first kappa shape index (κ1) is 13.3. The minimum absolute atomic E-state index is 0.0377. The van der Waals surface area contributed by atoms with Gasteiger partial charge in [0.15, 0.2) is 5.78 Å². The quantitative estimate of drug-likeness (QED) is 0.579. The van der Waals surface area contributed by atoms with E-state index in [0.717, 1.165) is 5.57 Å². The highest BCUT2D eigenvalue weighted by atomic mass is 16.5. The Hall–Kier alpha value is -1.77. The third-order valence-corrected chi connectivity index (χ3v) is 2.68. The molecule has 0 N–H and O–H groups in total. The van der Waals surface area contributed by atoms with E-state index in [1.165, 1.54) is 0 Å². The molecule has 0 saturated carbocycles. The Kier molecular flexibility index (Phi) is 4.76. The predicted molar refractivity (Wildman–Crippen MR) is 67.9 cm³/mol. The van der Waals surface area contributed by atoms with E-state index in [9.17, 15) is 4.79 Å². The Balaban J connectivity index is 3.32. The molecule has 0 radical (unpaired) electrons. The zero-order chi connectivity index (χ0) is 12.8. The lowest BCUT2D eigenvalue weighted by molar-refractivity contribution is 0.102. The van der Waals surface area contributed by atoms with Crippen LogP contribution in [-0.2, 0) is 0 Å². The number of ether oxygens (including phenoxy) is 2. The Bertz CT molecular complexity index is 411. The maximum atomic E-state index is 12.3. The summed E-state index contributed by atoms with van der Waals surface area (Å²) in [6.07, 6.45) is 2.52. The first-order valence-electron chi connectivity index (χ1n) is 5.60. The molecule has 0 unspecified atom stereocenters. The van der Waals surface area contributed by atoms with Crippen LogP contribution >= 0.6 is 0 Å². The van der Waals surface area contributed by atoms with E-state index in [-0.39, 0.29) is 5.78 Å². The molecule has 0 amide bonds. The molecule has 3 heteroatoms. The smallest absolute Gasteiger partial charge is 0.196 e. The van der Waals surface area contributed by atoms with Crippen molar-refractivity contribution in [2.75, 3.05) is 14.2 Å². The summed E-state index contributed by atoms with van der Waals surface area (Å²) >= 11 is 0. The third kappa shape index (κ3) is 2.67. The molecule has 1 aromatic rings. The van der Waals surface area contributed by atoms with Crippen molar-refractivity contribution < 1.29 is 14.3 Å². The molecule has 0 bridgehead atoms. The first-order chi connectivity index (χ1) is 8.19. The van der Waals surface area contributed by atoms with Crippen LogP contribution in [0.2, 0.25) is 0 Å². The van der Waals surface area contributed by atoms with Crippen molar-refractivity contribution in [2.45, 2.75) is 20.3 Å². The van der Waals surface area contributed by atoms with Gasteiger partial charge in [0, 0.05) is 0 Å². The van der Waals surface area contributed by atoms with Gasteiger partial charge in [0.1, 0.15) is 17.1 Å². The number of rotatable bonds is 5. The highest BCUT2D eigenvalue weighted by Gasteiger charge is 2.19. The topological polar surface area (TPSA) is 35.5 Å². The number of allylic oxidation sites excluding steroid dienone is 2. The van der Waals surface area contributed by atoms with Crippen molar-refractivity contribution in [1.82, 2.24) is 0 Å². The van der Waals surface area contributed by atoms with E-state index in [1.54, 1.807) is 32.4 Å². The average molecular weight is 234 g/mol. The van der Waals surface area contributed by atoms with Gasteiger partial charge < -0.3 is 9.47 Å². The first-order valence-corrected chi connectivity index (χ1v) is 5.60. The van der Waals surface area contributed by atoms with Crippen LogP contribution in [0.4, 0.5) is 0 Å². The number of ketones is 1. The molecular weight excluding hydrogens is 216 g/mol. The maximum Gasteiger partial charge on any atom is 0.196 e. The van der Waals surface area contributed by atoms with Crippen molar-refractivity contribution in [3.8, 4) is 11.5 Å². The Morgan fingerprint density at radius 3 is 2.12 bits per heavy atom. The lowest BCUT2D eigenvalue weighted by atomic mass is 9.99. The van der Waals surface area contributed by atoms with Gasteiger partial charge in [0.25, 0.3) is 0 Å². The molecule has 0 saturated heterocycles. The second-order valence-corrected chi connectivity index (χ2v) is 3.53. The van der Waals surface area contributed by atoms with Gasteiger partial charge in [-0.05, 0) is 31.1 Å². The summed E-state index contributed by atoms with van der Waals surface area (Å²) in [6.45, 7) is 3.81. The second kappa shape index (κ2) is 6.09. The molecule has 92 valence electrons. The molecule has 0 aliphatic heterocycles. The van der Waals surface area contributed by atoms with Crippen LogP contribution in [0.15, 0.2) is 29.8 Å². The predicted octanol–water partition coefficient (Wildman–Crippen LogP) is 3.24. The van der Waals surface area contributed by atoms with Crippen LogP contribution in [0, 0.1) is 0 Å². The number of carbonyl (C=O) groups is 1. The Labute approximate surface area is 102 Å². The fraction of sp³-hybridized carbons (Fsp3) is 0.357. The highest BCUT2D eigenvalue weighted by Crippen LogP contribution is 2.31. The van der Waals surface area contributed by atoms with Crippen LogP contribution in [0.3, 0.4) is 0 Å². The highest BCUT2D eigenvalue weighted by molar-refractivity contribution is 6.12. The van der Waals surface area contributed by atoms with Crippen LogP contribution < -0.4 is 9.47 Å². The maximum absolute atomic E-state index is 12.3. The van der Waals surface area contributed by atoms with Gasteiger partial charge in [0.2, 0.25) is 0 Å². The fourth-order valence-electron chi connectivity index (χ4n) is 1.73. The second-order valence-electron chi connectivity index (χ2n) is 3.53. The molecule has 0 spiro atoms. The number of hydrogen-bond donors (Lipinski definition) is 0. The summed E-state index contributed by atoms with van der Waals surface area (Å²) in [6, 6.07) is 5.33. The van der Waals surface area contributed by atoms with Crippen LogP contribution in [0.5, 0.6) is 11.5 Å². The molecule has 0 aromatic heterocycles. The molecule has 0 aliphatic carbocycles. The van der Waals surface area contributed by atoms with E-state index in [2.05, 4.69) is 0 Å². The molecule has 1 rings (SSSR count). The number of carbonyl (C=O) groups excluding carboxylic acids is 1. The minimum atomic E-state index is -0.0377. The van der Waals surface area contributed by atoms with Gasteiger partial charge in [-0.3, -0.25) is 4.79 Å². The molecule has 0 fully saturated rings. The normalized spacial score (nSPS) is 11.2. The van der Waals surface area contributed by atoms with E-state index < -0.39 is 0 Å². The summed E-state index contributed by atoms with van der Waals surface area (Å²) in [5.41, 5.74) is 1.25. The van der Waals surface area contributed by atoms with Gasteiger partial charge in [-0.2, -0.15) is 0 Å². The van der Waals surface area contributed by atoms with Gasteiger partial charge in [0.05, 0.1) is 14.2 Å². The standard InChI is InChI=1S/C14H18O3/c1-5-10(6-2)14(15)13-11(16-3)8-7-9-12(13)17-4/h5,7-9H,6H2,1-4H3/b10-5-. The summed E-state index contributed by atoms with van der Waals surface area (Å²) in [4.78, 5) is 12.3. The zero-order valence-electron chi connectivity index (χ0n) is 10.7. The summed E-state index contributed by atoms with van der Waals surface area (Å²) < 4.78 is 10.4. The van der Waals surface area contributed by atoms with Crippen molar-refractivity contribution >= 4 is 5.78 Å². The third-order valence-electron chi connectivity index (χ3n) is 2.68. The van der Waals surface area contributed by atoms with Crippen molar-refractivity contribution in [1.29, 1.82) is 0 Å². The number of benzene rings is 1. The number of hydrogen-bond acceptors (Lipinski definition) is 3.